The zero-order chi connectivity index (χ0) is 17.0. The smallest absolute Gasteiger partial charge is 0.274 e. The van der Waals surface area contributed by atoms with Gasteiger partial charge in [0.05, 0.1) is 15.6 Å². The number of ether oxygens (including phenoxy) is 1. The number of aromatic nitrogens is 2. The van der Waals surface area contributed by atoms with E-state index in [4.69, 9.17) is 4.74 Å². The summed E-state index contributed by atoms with van der Waals surface area (Å²) in [4.78, 5) is 18.1. The first kappa shape index (κ1) is 14.4. The first-order chi connectivity index (χ1) is 12.2. The van der Waals surface area contributed by atoms with Crippen LogP contribution in [0.15, 0.2) is 58.9 Å². The zero-order valence-electron chi connectivity index (χ0n) is 13.5. The third-order valence-corrected chi connectivity index (χ3v) is 5.43. The molecule has 5 rings (SSSR count). The number of rotatable bonds is 1. The molecule has 25 heavy (non-hydrogen) atoms. The van der Waals surface area contributed by atoms with Crippen molar-refractivity contribution in [3.05, 3.63) is 74.6 Å². The van der Waals surface area contributed by atoms with Crippen LogP contribution in [0.5, 0.6) is 5.75 Å². The van der Waals surface area contributed by atoms with Crippen molar-refractivity contribution in [2.45, 2.75) is 13.0 Å². The van der Waals surface area contributed by atoms with Crippen LogP contribution in [-0.2, 0) is 0 Å². The van der Waals surface area contributed by atoms with Crippen LogP contribution in [0.25, 0.3) is 28.1 Å². The maximum atomic E-state index is 12.9. The van der Waals surface area contributed by atoms with Crippen LogP contribution in [0, 0.1) is 0 Å². The third kappa shape index (κ3) is 2.20. The lowest BCUT2D eigenvalue weighted by atomic mass is 10.0. The largest absolute Gasteiger partial charge is 0.485 e. The van der Waals surface area contributed by atoms with Crippen molar-refractivity contribution in [2.75, 3.05) is 0 Å². The molecule has 2 aromatic heterocycles. The van der Waals surface area contributed by atoms with E-state index in [1.165, 1.54) is 11.3 Å². The van der Waals surface area contributed by atoms with Gasteiger partial charge in [-0.15, -0.1) is 0 Å². The standard InChI is InChI=1S/C20H14N2O2S/c1-12-14(10-13-6-2-5-9-17(13)24-12)11-18-19(23)22-16-8-4-3-7-15(16)21-20(22)25-18/h2-12H,1H3/b18-11-. The average Bonchev–Trinajstić information content (AvgIpc) is 3.12. The molecule has 5 heteroatoms. The van der Waals surface area contributed by atoms with E-state index in [0.717, 1.165) is 32.9 Å². The first-order valence-electron chi connectivity index (χ1n) is 8.10. The minimum atomic E-state index is -0.0968. The Morgan fingerprint density at radius 3 is 2.88 bits per heavy atom. The highest BCUT2D eigenvalue weighted by Gasteiger charge is 2.18. The summed E-state index contributed by atoms with van der Waals surface area (Å²) in [6, 6.07) is 15.6. The van der Waals surface area contributed by atoms with Crippen molar-refractivity contribution in [2.24, 2.45) is 0 Å². The fourth-order valence-corrected chi connectivity index (χ4v) is 4.17. The van der Waals surface area contributed by atoms with Crippen molar-refractivity contribution in [3.63, 3.8) is 0 Å². The van der Waals surface area contributed by atoms with E-state index in [-0.39, 0.29) is 11.7 Å². The van der Waals surface area contributed by atoms with Crippen LogP contribution >= 0.6 is 11.3 Å². The van der Waals surface area contributed by atoms with E-state index in [2.05, 4.69) is 11.1 Å². The molecule has 1 unspecified atom stereocenters. The van der Waals surface area contributed by atoms with E-state index in [1.54, 1.807) is 4.40 Å². The quantitative estimate of drug-likeness (QED) is 0.531. The van der Waals surface area contributed by atoms with E-state index >= 15 is 0 Å². The van der Waals surface area contributed by atoms with Gasteiger partial charge in [-0.25, -0.2) is 9.38 Å². The predicted octanol–water partition coefficient (Wildman–Crippen LogP) is 3.27. The predicted molar refractivity (Wildman–Crippen MR) is 101 cm³/mol. The molecule has 0 fully saturated rings. The van der Waals surface area contributed by atoms with Crippen LogP contribution in [0.1, 0.15) is 12.5 Å². The Hall–Kier alpha value is -2.92. The summed E-state index contributed by atoms with van der Waals surface area (Å²) in [5.74, 6) is 0.876. The number of benzene rings is 2. The number of fused-ring (bicyclic) bond motifs is 4. The molecular formula is C20H14N2O2S. The second-order valence-corrected chi connectivity index (χ2v) is 7.09. The number of hydrogen-bond donors (Lipinski definition) is 0. The first-order valence-corrected chi connectivity index (χ1v) is 8.91. The van der Waals surface area contributed by atoms with Crippen molar-refractivity contribution in [1.82, 2.24) is 9.38 Å². The fourth-order valence-electron chi connectivity index (χ4n) is 3.18. The van der Waals surface area contributed by atoms with Gasteiger partial charge in [-0.1, -0.05) is 41.7 Å². The number of thiazole rings is 1. The Morgan fingerprint density at radius 2 is 1.96 bits per heavy atom. The highest BCUT2D eigenvalue weighted by atomic mass is 32.1. The van der Waals surface area contributed by atoms with Crippen molar-refractivity contribution < 1.29 is 4.74 Å². The molecule has 3 heterocycles. The Morgan fingerprint density at radius 1 is 1.16 bits per heavy atom. The molecule has 0 spiro atoms. The van der Waals surface area contributed by atoms with Gasteiger partial charge in [0.1, 0.15) is 11.9 Å². The summed E-state index contributed by atoms with van der Waals surface area (Å²) >= 11 is 1.41. The molecule has 1 aliphatic heterocycles. The Balaban J connectivity index is 1.72. The highest BCUT2D eigenvalue weighted by Crippen LogP contribution is 2.29. The summed E-state index contributed by atoms with van der Waals surface area (Å²) in [6.45, 7) is 2.00. The molecule has 0 N–H and O–H groups in total. The summed E-state index contributed by atoms with van der Waals surface area (Å²) in [7, 11) is 0. The lowest BCUT2D eigenvalue weighted by Crippen LogP contribution is -2.25. The number of nitrogens with zero attached hydrogens (tertiary/aromatic N) is 2. The molecule has 0 amide bonds. The molecule has 4 aromatic rings. The van der Waals surface area contributed by atoms with Crippen LogP contribution in [-0.4, -0.2) is 15.5 Å². The maximum absolute atomic E-state index is 12.9. The molecule has 4 nitrogen and oxygen atoms in total. The van der Waals surface area contributed by atoms with Gasteiger partial charge in [0.15, 0.2) is 4.96 Å². The summed E-state index contributed by atoms with van der Waals surface area (Å²) < 4.78 is 8.33. The van der Waals surface area contributed by atoms with Gasteiger partial charge in [0.2, 0.25) is 0 Å². The van der Waals surface area contributed by atoms with Gasteiger partial charge in [-0.2, -0.15) is 0 Å². The summed E-state index contributed by atoms with van der Waals surface area (Å²) in [5, 5.41) is 0. The monoisotopic (exact) mass is 346 g/mol. The average molecular weight is 346 g/mol. The molecule has 0 radical (unpaired) electrons. The molecule has 0 aliphatic carbocycles. The zero-order valence-corrected chi connectivity index (χ0v) is 14.3. The van der Waals surface area contributed by atoms with Crippen LogP contribution in [0.2, 0.25) is 0 Å². The van der Waals surface area contributed by atoms with Gasteiger partial charge in [-0.3, -0.25) is 4.79 Å². The molecule has 0 bridgehead atoms. The minimum absolute atomic E-state index is 0.0272. The minimum Gasteiger partial charge on any atom is -0.485 e. The second kappa shape index (κ2) is 5.29. The normalized spacial score (nSPS) is 17.6. The molecule has 1 aliphatic rings. The molecular weight excluding hydrogens is 332 g/mol. The fraction of sp³-hybridized carbons (Fsp3) is 0.100. The summed E-state index contributed by atoms with van der Waals surface area (Å²) in [5.41, 5.74) is 3.70. The number of imidazole rings is 1. The Labute approximate surface area is 147 Å². The number of hydrogen-bond acceptors (Lipinski definition) is 4. The molecule has 122 valence electrons. The van der Waals surface area contributed by atoms with Crippen molar-refractivity contribution >= 4 is 39.5 Å². The Kier molecular flexibility index (Phi) is 3.05. The maximum Gasteiger partial charge on any atom is 0.274 e. The van der Waals surface area contributed by atoms with Crippen molar-refractivity contribution in [1.29, 1.82) is 0 Å². The topological polar surface area (TPSA) is 43.6 Å². The van der Waals surface area contributed by atoms with Gasteiger partial charge in [-0.05, 0) is 42.8 Å². The van der Waals surface area contributed by atoms with Gasteiger partial charge < -0.3 is 4.74 Å². The number of para-hydroxylation sites is 3. The lowest BCUT2D eigenvalue weighted by molar-refractivity contribution is 0.259. The van der Waals surface area contributed by atoms with Gasteiger partial charge in [0, 0.05) is 5.56 Å². The second-order valence-electron chi connectivity index (χ2n) is 6.08. The van der Waals surface area contributed by atoms with Gasteiger partial charge >= 0.3 is 0 Å². The van der Waals surface area contributed by atoms with Gasteiger partial charge in [0.25, 0.3) is 5.56 Å². The van der Waals surface area contributed by atoms with E-state index < -0.39 is 0 Å². The Bertz CT molecular complexity index is 1270. The SMILES string of the molecule is CC1Oc2ccccc2C=C1/C=c1\sc2nc3ccccc3n2c1=O. The highest BCUT2D eigenvalue weighted by molar-refractivity contribution is 7.15. The summed E-state index contributed by atoms with van der Waals surface area (Å²) in [6.07, 6.45) is 3.92. The lowest BCUT2D eigenvalue weighted by Gasteiger charge is -2.22. The van der Waals surface area contributed by atoms with Crippen molar-refractivity contribution in [3.8, 4) is 5.75 Å². The van der Waals surface area contributed by atoms with E-state index in [9.17, 15) is 4.79 Å². The van der Waals surface area contributed by atoms with E-state index in [1.807, 2.05) is 61.5 Å². The van der Waals surface area contributed by atoms with Crippen LogP contribution in [0.4, 0.5) is 0 Å². The van der Waals surface area contributed by atoms with E-state index in [0.29, 0.717) is 4.53 Å². The molecule has 0 saturated heterocycles. The molecule has 1 atom stereocenters. The van der Waals surface area contributed by atoms with Crippen LogP contribution < -0.4 is 14.8 Å². The van der Waals surface area contributed by atoms with Crippen LogP contribution in [0.3, 0.4) is 0 Å². The molecule has 0 saturated carbocycles. The third-order valence-electron chi connectivity index (χ3n) is 4.46. The molecule has 2 aromatic carbocycles.